The molecule has 0 spiro atoms. The van der Waals surface area contributed by atoms with Crippen LogP contribution < -0.4 is 20.3 Å². The Morgan fingerprint density at radius 2 is 1.71 bits per heavy atom. The van der Waals surface area contributed by atoms with Crippen LogP contribution in [0.25, 0.3) is 0 Å². The van der Waals surface area contributed by atoms with Crippen molar-refractivity contribution in [1.29, 1.82) is 0 Å². The van der Waals surface area contributed by atoms with Crippen LogP contribution in [0.3, 0.4) is 0 Å². The lowest BCUT2D eigenvalue weighted by atomic mass is 10.1. The van der Waals surface area contributed by atoms with Crippen LogP contribution in [0.4, 0.5) is 11.4 Å². The van der Waals surface area contributed by atoms with E-state index in [1.165, 1.54) is 0 Å². The summed E-state index contributed by atoms with van der Waals surface area (Å²) in [5.74, 6) is -0.459. The van der Waals surface area contributed by atoms with Gasteiger partial charge >= 0.3 is 0 Å². The first-order valence-corrected chi connectivity index (χ1v) is 11.7. The zero-order valence-electron chi connectivity index (χ0n) is 19.9. The summed E-state index contributed by atoms with van der Waals surface area (Å²) in [6.45, 7) is 5.14. The normalized spacial score (nSPS) is 15.1. The van der Waals surface area contributed by atoms with E-state index in [1.54, 1.807) is 29.2 Å². The molecule has 35 heavy (non-hydrogen) atoms. The van der Waals surface area contributed by atoms with Crippen LogP contribution in [0, 0.1) is 12.8 Å². The number of carbonyl (C=O) groups is 3. The summed E-state index contributed by atoms with van der Waals surface area (Å²) in [5.41, 5.74) is 3.65. The van der Waals surface area contributed by atoms with Crippen molar-refractivity contribution < 1.29 is 19.1 Å². The van der Waals surface area contributed by atoms with Crippen LogP contribution >= 0.6 is 0 Å². The van der Waals surface area contributed by atoms with Gasteiger partial charge in [-0.25, -0.2) is 0 Å². The highest BCUT2D eigenvalue weighted by atomic mass is 16.5. The number of nitrogens with one attached hydrogen (secondary N) is 2. The van der Waals surface area contributed by atoms with Gasteiger partial charge in [-0.2, -0.15) is 0 Å². The van der Waals surface area contributed by atoms with Crippen molar-refractivity contribution >= 4 is 29.1 Å². The number of nitrogens with zero attached hydrogens (tertiary/aromatic N) is 1. The van der Waals surface area contributed by atoms with Crippen molar-refractivity contribution in [2.45, 2.75) is 26.8 Å². The molecule has 2 N–H and O–H groups in total. The van der Waals surface area contributed by atoms with Crippen LogP contribution in [0.15, 0.2) is 72.8 Å². The van der Waals surface area contributed by atoms with Crippen LogP contribution in [0.1, 0.15) is 34.8 Å². The Hall–Kier alpha value is -4.13. The molecule has 1 fully saturated rings. The van der Waals surface area contributed by atoms with Gasteiger partial charge < -0.3 is 20.3 Å². The predicted molar refractivity (Wildman–Crippen MR) is 135 cm³/mol. The standard InChI is InChI=1S/C28H29N3O4/c1-3-35-23-14-12-22(13-15-23)31-18-21(16-26(31)32)27(33)30-25-11-7-6-10-24(25)28(34)29-17-20-9-5-4-8-19(20)2/h4-15,21H,3,16-18H2,1-2H3,(H,29,34)(H,30,33)/t21-/m0/s1. The van der Waals surface area contributed by atoms with Crippen molar-refractivity contribution in [3.8, 4) is 5.75 Å². The highest BCUT2D eigenvalue weighted by Gasteiger charge is 2.35. The van der Waals surface area contributed by atoms with Gasteiger partial charge in [-0.15, -0.1) is 0 Å². The Labute approximate surface area is 205 Å². The van der Waals surface area contributed by atoms with Gasteiger partial charge in [-0.05, 0) is 61.4 Å². The summed E-state index contributed by atoms with van der Waals surface area (Å²) in [4.78, 5) is 40.2. The van der Waals surface area contributed by atoms with Crippen LogP contribution in [-0.2, 0) is 16.1 Å². The summed E-state index contributed by atoms with van der Waals surface area (Å²) in [7, 11) is 0. The molecule has 1 aliphatic rings. The van der Waals surface area contributed by atoms with Crippen molar-refractivity contribution in [3.63, 3.8) is 0 Å². The van der Waals surface area contributed by atoms with Gasteiger partial charge in [0.15, 0.2) is 0 Å². The second-order valence-electron chi connectivity index (χ2n) is 8.48. The van der Waals surface area contributed by atoms with Crippen molar-refractivity contribution in [2.24, 2.45) is 5.92 Å². The third-order valence-corrected chi connectivity index (χ3v) is 6.09. The van der Waals surface area contributed by atoms with Gasteiger partial charge in [0.1, 0.15) is 5.75 Å². The molecule has 1 aliphatic heterocycles. The molecule has 1 saturated heterocycles. The molecule has 3 amide bonds. The molecule has 3 aromatic carbocycles. The zero-order valence-corrected chi connectivity index (χ0v) is 19.9. The first kappa shape index (κ1) is 24.0. The van der Waals surface area contributed by atoms with Gasteiger partial charge in [0.25, 0.3) is 5.91 Å². The molecule has 3 aromatic rings. The highest BCUT2D eigenvalue weighted by Crippen LogP contribution is 2.28. The van der Waals surface area contributed by atoms with Gasteiger partial charge in [0, 0.05) is 25.2 Å². The van der Waals surface area contributed by atoms with Crippen LogP contribution in [-0.4, -0.2) is 30.9 Å². The largest absolute Gasteiger partial charge is 0.494 e. The number of hydrogen-bond donors (Lipinski definition) is 2. The number of para-hydroxylation sites is 1. The fourth-order valence-electron chi connectivity index (χ4n) is 4.13. The number of anilines is 2. The van der Waals surface area contributed by atoms with Crippen LogP contribution in [0.5, 0.6) is 5.75 Å². The molecule has 1 heterocycles. The number of aryl methyl sites for hydroxylation is 1. The van der Waals surface area contributed by atoms with Crippen LogP contribution in [0.2, 0.25) is 0 Å². The molecule has 4 rings (SSSR count). The average molecular weight is 472 g/mol. The monoisotopic (exact) mass is 471 g/mol. The average Bonchev–Trinajstić information content (AvgIpc) is 3.26. The lowest BCUT2D eigenvalue weighted by molar-refractivity contribution is -0.122. The Morgan fingerprint density at radius 1 is 1.00 bits per heavy atom. The molecule has 0 aliphatic carbocycles. The van der Waals surface area contributed by atoms with E-state index in [0.29, 0.717) is 24.4 Å². The topological polar surface area (TPSA) is 87.7 Å². The zero-order chi connectivity index (χ0) is 24.8. The molecular formula is C28H29N3O4. The summed E-state index contributed by atoms with van der Waals surface area (Å²) in [6, 6.07) is 22.0. The van der Waals surface area contributed by atoms with E-state index in [1.807, 2.05) is 62.4 Å². The fraction of sp³-hybridized carbons (Fsp3) is 0.250. The molecule has 0 radical (unpaired) electrons. The Morgan fingerprint density at radius 3 is 2.46 bits per heavy atom. The molecule has 7 heteroatoms. The van der Waals surface area contributed by atoms with Gasteiger partial charge in [-0.3, -0.25) is 14.4 Å². The molecule has 0 saturated carbocycles. The molecule has 7 nitrogen and oxygen atoms in total. The summed E-state index contributed by atoms with van der Waals surface area (Å²) in [6.07, 6.45) is 0.112. The maximum absolute atomic E-state index is 13.0. The van der Waals surface area contributed by atoms with Crippen molar-refractivity contribution in [3.05, 3.63) is 89.5 Å². The van der Waals surface area contributed by atoms with Gasteiger partial charge in [-0.1, -0.05) is 36.4 Å². The first-order chi connectivity index (χ1) is 17.0. The minimum Gasteiger partial charge on any atom is -0.494 e. The third-order valence-electron chi connectivity index (χ3n) is 6.09. The van der Waals surface area contributed by atoms with Gasteiger partial charge in [0.05, 0.1) is 23.8 Å². The lowest BCUT2D eigenvalue weighted by Crippen LogP contribution is -2.29. The Balaban J connectivity index is 1.40. The molecule has 0 aromatic heterocycles. The minimum atomic E-state index is -0.517. The van der Waals surface area contributed by atoms with E-state index in [0.717, 1.165) is 22.6 Å². The lowest BCUT2D eigenvalue weighted by Gasteiger charge is -2.18. The Kier molecular flexibility index (Phi) is 7.45. The quantitative estimate of drug-likeness (QED) is 0.512. The van der Waals surface area contributed by atoms with Crippen molar-refractivity contribution in [1.82, 2.24) is 5.32 Å². The second-order valence-corrected chi connectivity index (χ2v) is 8.48. The summed E-state index contributed by atoms with van der Waals surface area (Å²) >= 11 is 0. The molecular weight excluding hydrogens is 442 g/mol. The number of hydrogen-bond acceptors (Lipinski definition) is 4. The van der Waals surface area contributed by atoms with E-state index < -0.39 is 5.92 Å². The number of carbonyl (C=O) groups excluding carboxylic acids is 3. The maximum atomic E-state index is 13.0. The van der Waals surface area contributed by atoms with E-state index >= 15 is 0 Å². The third kappa shape index (κ3) is 5.69. The molecule has 1 atom stereocenters. The van der Waals surface area contributed by atoms with Crippen molar-refractivity contribution in [2.75, 3.05) is 23.4 Å². The van der Waals surface area contributed by atoms with Gasteiger partial charge in [0.2, 0.25) is 11.8 Å². The predicted octanol–water partition coefficient (Wildman–Crippen LogP) is 4.32. The summed E-state index contributed by atoms with van der Waals surface area (Å²) in [5, 5.41) is 5.79. The second kappa shape index (κ2) is 10.9. The smallest absolute Gasteiger partial charge is 0.253 e. The first-order valence-electron chi connectivity index (χ1n) is 11.7. The minimum absolute atomic E-state index is 0.112. The molecule has 0 unspecified atom stereocenters. The molecule has 0 bridgehead atoms. The van der Waals surface area contributed by atoms with E-state index in [9.17, 15) is 14.4 Å². The van der Waals surface area contributed by atoms with E-state index in [4.69, 9.17) is 4.74 Å². The van der Waals surface area contributed by atoms with E-state index in [-0.39, 0.29) is 30.7 Å². The highest BCUT2D eigenvalue weighted by molar-refractivity contribution is 6.07. The fourth-order valence-corrected chi connectivity index (χ4v) is 4.13. The maximum Gasteiger partial charge on any atom is 0.253 e. The molecule has 180 valence electrons. The number of ether oxygens (including phenoxy) is 1. The SMILES string of the molecule is CCOc1ccc(N2C[C@@H](C(=O)Nc3ccccc3C(=O)NCc3ccccc3C)CC2=O)cc1. The Bertz CT molecular complexity index is 1220. The number of benzene rings is 3. The van der Waals surface area contributed by atoms with E-state index in [2.05, 4.69) is 10.6 Å². The number of amides is 3. The number of rotatable bonds is 8. The summed E-state index contributed by atoms with van der Waals surface area (Å²) < 4.78 is 5.45.